The molecule has 0 aromatic heterocycles. The van der Waals surface area contributed by atoms with Gasteiger partial charge in [-0.1, -0.05) is 0 Å². The van der Waals surface area contributed by atoms with Gasteiger partial charge < -0.3 is 10.1 Å². The summed E-state index contributed by atoms with van der Waals surface area (Å²) in [6.07, 6.45) is 1.80. The first-order valence-corrected chi connectivity index (χ1v) is 5.53. The number of amides is 2. The number of hydrogen-bond acceptors (Lipinski definition) is 4. The lowest BCUT2D eigenvalue weighted by atomic mass is 10.0. The zero-order valence-corrected chi connectivity index (χ0v) is 9.99. The molecule has 1 unspecified atom stereocenters. The van der Waals surface area contributed by atoms with Gasteiger partial charge in [0.15, 0.2) is 5.78 Å². The van der Waals surface area contributed by atoms with Crippen molar-refractivity contribution >= 4 is 23.5 Å². The molecule has 0 radical (unpaired) electrons. The normalized spacial score (nSPS) is 18.6. The number of nitrogens with zero attached hydrogens (tertiary/aromatic N) is 1. The molecule has 1 aliphatic heterocycles. The quantitative estimate of drug-likeness (QED) is 0.550. The van der Waals surface area contributed by atoms with Crippen LogP contribution in [0.1, 0.15) is 32.6 Å². The van der Waals surface area contributed by atoms with Crippen LogP contribution in [0.25, 0.3) is 0 Å². The fraction of sp³-hybridized carbons (Fsp3) is 0.636. The lowest BCUT2D eigenvalue weighted by Crippen LogP contribution is -2.32. The van der Waals surface area contributed by atoms with Crippen molar-refractivity contribution < 1.29 is 19.1 Å². The maximum atomic E-state index is 11.7. The average molecular weight is 240 g/mol. The van der Waals surface area contributed by atoms with Crippen molar-refractivity contribution in [2.24, 2.45) is 4.99 Å². The highest BCUT2D eigenvalue weighted by Crippen LogP contribution is 2.07. The minimum atomic E-state index is -0.463. The lowest BCUT2D eigenvalue weighted by molar-refractivity contribution is -0.140. The Labute approximate surface area is 99.4 Å². The molecule has 0 spiro atoms. The summed E-state index contributed by atoms with van der Waals surface area (Å²) in [5.41, 5.74) is 0.285. The van der Waals surface area contributed by atoms with Gasteiger partial charge in [0.2, 0.25) is 0 Å². The number of methoxy groups -OCH3 is 1. The number of aliphatic imine (C=N–C) groups is 1. The van der Waals surface area contributed by atoms with E-state index in [1.54, 1.807) is 6.92 Å². The van der Waals surface area contributed by atoms with Gasteiger partial charge in [0.25, 0.3) is 0 Å². The Morgan fingerprint density at radius 2 is 2.00 bits per heavy atom. The minimum absolute atomic E-state index is 0.138. The van der Waals surface area contributed by atoms with Crippen LogP contribution < -0.4 is 5.32 Å². The molecule has 1 N–H and O–H groups in total. The van der Waals surface area contributed by atoms with Crippen molar-refractivity contribution in [1.82, 2.24) is 5.32 Å². The number of nitrogens with one attached hydrogen (secondary N) is 1. The number of carbonyl (C=O) groups is 3. The van der Waals surface area contributed by atoms with Gasteiger partial charge >= 0.3 is 12.0 Å². The number of ketones is 1. The number of esters is 1. The molecule has 0 aromatic carbocycles. The van der Waals surface area contributed by atoms with Crippen molar-refractivity contribution in [2.45, 2.75) is 38.6 Å². The monoisotopic (exact) mass is 240 g/mol. The first-order valence-electron chi connectivity index (χ1n) is 5.53. The van der Waals surface area contributed by atoms with E-state index in [0.717, 1.165) is 0 Å². The Hall–Kier alpha value is -1.72. The summed E-state index contributed by atoms with van der Waals surface area (Å²) in [5.74, 6) is -0.415. The van der Waals surface area contributed by atoms with Crippen LogP contribution in [0, 0.1) is 0 Å². The van der Waals surface area contributed by atoms with Crippen molar-refractivity contribution in [3.63, 3.8) is 0 Å². The summed E-state index contributed by atoms with van der Waals surface area (Å²) in [6.45, 7) is 1.72. The molecule has 6 heteroatoms. The molecule has 1 rings (SSSR count). The maximum Gasteiger partial charge on any atom is 0.341 e. The Balaban J connectivity index is 2.28. The first kappa shape index (κ1) is 13.3. The second kappa shape index (κ2) is 6.12. The predicted molar refractivity (Wildman–Crippen MR) is 60.9 cm³/mol. The number of unbranched alkanes of at least 4 members (excludes halogenated alkanes) is 1. The van der Waals surface area contributed by atoms with E-state index in [4.69, 9.17) is 0 Å². The summed E-state index contributed by atoms with van der Waals surface area (Å²) >= 11 is 0. The van der Waals surface area contributed by atoms with Gasteiger partial charge in [-0.2, -0.15) is 4.99 Å². The number of urea groups is 1. The molecule has 1 aliphatic rings. The van der Waals surface area contributed by atoms with Crippen LogP contribution in [0.4, 0.5) is 4.79 Å². The SMILES string of the molecule is COC(=O)CCCCC(=O)C1=NC(=O)NC1C. The molecule has 6 nitrogen and oxygen atoms in total. The molecule has 17 heavy (non-hydrogen) atoms. The molecule has 0 aromatic rings. The fourth-order valence-electron chi connectivity index (χ4n) is 1.58. The molecular formula is C11H16N2O4. The third-order valence-corrected chi connectivity index (χ3v) is 2.52. The highest BCUT2D eigenvalue weighted by Gasteiger charge is 2.26. The summed E-state index contributed by atoms with van der Waals surface area (Å²) < 4.78 is 4.49. The third kappa shape index (κ3) is 3.97. The highest BCUT2D eigenvalue weighted by atomic mass is 16.5. The van der Waals surface area contributed by atoms with E-state index in [1.807, 2.05) is 0 Å². The summed E-state index contributed by atoms with van der Waals surface area (Å²) in [7, 11) is 1.33. The fourth-order valence-corrected chi connectivity index (χ4v) is 1.58. The number of rotatable bonds is 6. The molecule has 0 saturated carbocycles. The Morgan fingerprint density at radius 3 is 2.53 bits per heavy atom. The van der Waals surface area contributed by atoms with Gasteiger partial charge in [-0.05, 0) is 19.8 Å². The molecule has 1 heterocycles. The topological polar surface area (TPSA) is 84.8 Å². The molecular weight excluding hydrogens is 224 g/mol. The average Bonchev–Trinajstić information content (AvgIpc) is 2.63. The highest BCUT2D eigenvalue weighted by molar-refractivity contribution is 6.44. The van der Waals surface area contributed by atoms with Crippen LogP contribution in [0.2, 0.25) is 0 Å². The lowest BCUT2D eigenvalue weighted by Gasteiger charge is -2.05. The molecule has 0 bridgehead atoms. The number of ether oxygens (including phenoxy) is 1. The van der Waals surface area contributed by atoms with E-state index >= 15 is 0 Å². The second-order valence-corrected chi connectivity index (χ2v) is 3.87. The molecule has 2 amide bonds. The van der Waals surface area contributed by atoms with Crippen LogP contribution in [0.5, 0.6) is 0 Å². The van der Waals surface area contributed by atoms with E-state index in [-0.39, 0.29) is 23.5 Å². The number of hydrogen-bond donors (Lipinski definition) is 1. The molecule has 94 valence electrons. The van der Waals surface area contributed by atoms with Crippen molar-refractivity contribution in [3.05, 3.63) is 0 Å². The van der Waals surface area contributed by atoms with Gasteiger partial charge in [0, 0.05) is 12.8 Å². The van der Waals surface area contributed by atoms with Crippen LogP contribution in [-0.4, -0.2) is 36.6 Å². The Morgan fingerprint density at radius 1 is 1.35 bits per heavy atom. The van der Waals surface area contributed by atoms with E-state index in [0.29, 0.717) is 25.7 Å². The predicted octanol–water partition coefficient (Wildman–Crippen LogP) is 0.842. The van der Waals surface area contributed by atoms with Gasteiger partial charge in [0.05, 0.1) is 13.2 Å². The zero-order chi connectivity index (χ0) is 12.8. The molecule has 0 aliphatic carbocycles. The summed E-state index contributed by atoms with van der Waals surface area (Å²) in [6, 6.07) is -0.772. The van der Waals surface area contributed by atoms with Crippen molar-refractivity contribution in [3.8, 4) is 0 Å². The van der Waals surface area contributed by atoms with Crippen molar-refractivity contribution in [1.29, 1.82) is 0 Å². The van der Waals surface area contributed by atoms with Gasteiger partial charge in [0.1, 0.15) is 5.71 Å². The number of carbonyl (C=O) groups excluding carboxylic acids is 3. The van der Waals surface area contributed by atoms with Gasteiger partial charge in [-0.25, -0.2) is 4.79 Å². The smallest absolute Gasteiger partial charge is 0.341 e. The largest absolute Gasteiger partial charge is 0.469 e. The van der Waals surface area contributed by atoms with Gasteiger partial charge in [-0.3, -0.25) is 9.59 Å². The standard InChI is InChI=1S/C11H16N2O4/c1-7-10(13-11(16)12-7)8(14)5-3-4-6-9(15)17-2/h7H,3-6H2,1-2H3,(H,12,16). The maximum absolute atomic E-state index is 11.7. The molecule has 0 fully saturated rings. The minimum Gasteiger partial charge on any atom is -0.469 e. The van der Waals surface area contributed by atoms with E-state index in [1.165, 1.54) is 7.11 Å². The van der Waals surface area contributed by atoms with E-state index < -0.39 is 6.03 Å². The van der Waals surface area contributed by atoms with Gasteiger partial charge in [-0.15, -0.1) is 0 Å². The molecule has 0 saturated heterocycles. The number of Topliss-reactive ketones (excluding diaryl/α,β-unsaturated/α-hetero) is 1. The van der Waals surface area contributed by atoms with Crippen LogP contribution >= 0.6 is 0 Å². The summed E-state index contributed by atoms with van der Waals surface area (Å²) in [4.78, 5) is 37.0. The zero-order valence-electron chi connectivity index (χ0n) is 9.99. The van der Waals surface area contributed by atoms with Crippen LogP contribution in [-0.2, 0) is 14.3 Å². The van der Waals surface area contributed by atoms with Crippen LogP contribution in [0.3, 0.4) is 0 Å². The Kier molecular flexibility index (Phi) is 4.81. The van der Waals surface area contributed by atoms with E-state index in [9.17, 15) is 14.4 Å². The Bertz CT molecular complexity index is 362. The van der Waals surface area contributed by atoms with Crippen molar-refractivity contribution in [2.75, 3.05) is 7.11 Å². The van der Waals surface area contributed by atoms with E-state index in [2.05, 4.69) is 15.0 Å². The third-order valence-electron chi connectivity index (χ3n) is 2.52. The molecule has 1 atom stereocenters. The second-order valence-electron chi connectivity index (χ2n) is 3.87. The van der Waals surface area contributed by atoms with Crippen LogP contribution in [0.15, 0.2) is 4.99 Å². The first-order chi connectivity index (χ1) is 8.04. The summed E-state index contributed by atoms with van der Waals surface area (Å²) in [5, 5.41) is 2.53.